The maximum Gasteiger partial charge on any atom is 0.274 e. The molecule has 1 saturated carbocycles. The van der Waals surface area contributed by atoms with Gasteiger partial charge in [-0.15, -0.1) is 5.10 Å². The molecular formula is C26H27N9O3. The van der Waals surface area contributed by atoms with Crippen molar-refractivity contribution in [3.63, 3.8) is 0 Å². The van der Waals surface area contributed by atoms with Crippen LogP contribution in [-0.2, 0) is 0 Å². The summed E-state index contributed by atoms with van der Waals surface area (Å²) in [4.78, 5) is 24.7. The van der Waals surface area contributed by atoms with Gasteiger partial charge in [-0.2, -0.15) is 0 Å². The first-order chi connectivity index (χ1) is 18.5. The van der Waals surface area contributed by atoms with Crippen molar-refractivity contribution in [3.8, 4) is 22.8 Å². The molecule has 2 atom stereocenters. The number of aliphatic hydroxyl groups excluding tert-OH is 1. The highest BCUT2D eigenvalue weighted by Crippen LogP contribution is 2.40. The third-order valence-corrected chi connectivity index (χ3v) is 7.36. The van der Waals surface area contributed by atoms with E-state index in [-0.39, 0.29) is 23.7 Å². The Hall–Kier alpha value is -4.32. The summed E-state index contributed by atoms with van der Waals surface area (Å²) >= 11 is 0. The Labute approximate surface area is 218 Å². The third-order valence-electron chi connectivity index (χ3n) is 7.36. The number of hydrogen-bond donors (Lipinski definition) is 2. The Kier molecular flexibility index (Phi) is 5.36. The number of fused-ring (bicyclic) bond motifs is 3. The first kappa shape index (κ1) is 22.8. The standard InChI is InChI=1S/C26H27N9O3/c1-15-13-38-24-18(25-30-31-32-35(15)25)3-2-4-19(24)29-26(37)20-9-22(34-12-21(28-14-34)16-5-6-16)23(10-27-20)33-8-7-17(36)11-33/h2-4,9-10,12,14-17,36H,5-8,11,13H2,1H3,(H,29,37)/t15-,17+/m0/s1. The van der Waals surface area contributed by atoms with Gasteiger partial charge in [0, 0.05) is 25.2 Å². The van der Waals surface area contributed by atoms with Crippen LogP contribution in [0.3, 0.4) is 0 Å². The number of aliphatic hydroxyl groups is 1. The second-order valence-corrected chi connectivity index (χ2v) is 10.2. The average Bonchev–Trinajstić information content (AvgIpc) is 3.29. The van der Waals surface area contributed by atoms with E-state index in [1.54, 1.807) is 29.3 Å². The van der Waals surface area contributed by atoms with Gasteiger partial charge in [0.25, 0.3) is 5.91 Å². The van der Waals surface area contributed by atoms with E-state index in [1.165, 1.54) is 0 Å². The van der Waals surface area contributed by atoms with Crippen molar-refractivity contribution in [1.82, 2.24) is 34.7 Å². The van der Waals surface area contributed by atoms with Gasteiger partial charge in [-0.3, -0.25) is 4.79 Å². The normalized spacial score (nSPS) is 20.4. The summed E-state index contributed by atoms with van der Waals surface area (Å²) in [5, 5.41) is 25.2. The van der Waals surface area contributed by atoms with Crippen molar-refractivity contribution < 1.29 is 14.6 Å². The van der Waals surface area contributed by atoms with Gasteiger partial charge in [0.1, 0.15) is 12.3 Å². The molecule has 5 heterocycles. The van der Waals surface area contributed by atoms with Gasteiger partial charge in [-0.25, -0.2) is 14.6 Å². The summed E-state index contributed by atoms with van der Waals surface area (Å²) in [6.45, 7) is 3.58. The van der Waals surface area contributed by atoms with Crippen molar-refractivity contribution in [1.29, 1.82) is 0 Å². The summed E-state index contributed by atoms with van der Waals surface area (Å²) in [6.07, 6.45) is 8.14. The molecule has 0 radical (unpaired) electrons. The summed E-state index contributed by atoms with van der Waals surface area (Å²) in [6, 6.07) is 7.21. The van der Waals surface area contributed by atoms with E-state index in [2.05, 4.69) is 35.7 Å². The molecule has 2 aliphatic heterocycles. The second kappa shape index (κ2) is 8.91. The quantitative estimate of drug-likeness (QED) is 0.413. The van der Waals surface area contributed by atoms with Crippen LogP contribution in [-0.4, -0.2) is 71.6 Å². The lowest BCUT2D eigenvalue weighted by Gasteiger charge is -2.22. The molecule has 3 aromatic heterocycles. The Morgan fingerprint density at radius 1 is 1.18 bits per heavy atom. The molecule has 1 amide bonds. The molecule has 38 heavy (non-hydrogen) atoms. The number of nitrogens with one attached hydrogen (secondary N) is 1. The zero-order chi connectivity index (χ0) is 25.8. The zero-order valence-corrected chi connectivity index (χ0v) is 20.9. The molecule has 0 spiro atoms. The average molecular weight is 514 g/mol. The predicted octanol–water partition coefficient (Wildman–Crippen LogP) is 2.57. The molecule has 1 aromatic carbocycles. The lowest BCUT2D eigenvalue weighted by atomic mass is 10.1. The molecule has 7 rings (SSSR count). The van der Waals surface area contributed by atoms with Crippen LogP contribution < -0.4 is 15.0 Å². The van der Waals surface area contributed by atoms with Gasteiger partial charge in [-0.1, -0.05) is 6.07 Å². The number of nitrogens with zero attached hydrogens (tertiary/aromatic N) is 8. The Morgan fingerprint density at radius 3 is 2.89 bits per heavy atom. The highest BCUT2D eigenvalue weighted by molar-refractivity contribution is 6.05. The van der Waals surface area contributed by atoms with E-state index < -0.39 is 0 Å². The van der Waals surface area contributed by atoms with Crippen LogP contribution in [0, 0.1) is 0 Å². The predicted molar refractivity (Wildman–Crippen MR) is 138 cm³/mol. The fourth-order valence-corrected chi connectivity index (χ4v) is 5.13. The van der Waals surface area contributed by atoms with E-state index in [9.17, 15) is 9.90 Å². The fraction of sp³-hybridized carbons (Fsp3) is 0.385. The monoisotopic (exact) mass is 513 g/mol. The number of amides is 1. The number of carbonyl (C=O) groups is 1. The number of tetrazole rings is 1. The number of aromatic nitrogens is 7. The number of ether oxygens (including phenoxy) is 1. The molecule has 194 valence electrons. The minimum absolute atomic E-state index is 0.0625. The van der Waals surface area contributed by atoms with Crippen molar-refractivity contribution in [3.05, 3.63) is 54.4 Å². The highest BCUT2D eigenvalue weighted by Gasteiger charge is 2.29. The summed E-state index contributed by atoms with van der Waals surface area (Å²) in [5.41, 5.74) is 4.20. The van der Waals surface area contributed by atoms with Gasteiger partial charge >= 0.3 is 0 Å². The van der Waals surface area contributed by atoms with Gasteiger partial charge in [0.15, 0.2) is 11.6 Å². The number of benzene rings is 1. The van der Waals surface area contributed by atoms with E-state index in [0.29, 0.717) is 48.3 Å². The topological polar surface area (TPSA) is 136 Å². The Balaban J connectivity index is 1.23. The molecule has 12 nitrogen and oxygen atoms in total. The van der Waals surface area contributed by atoms with Gasteiger partial charge in [0.2, 0.25) is 0 Å². The zero-order valence-electron chi connectivity index (χ0n) is 20.9. The van der Waals surface area contributed by atoms with Crippen LogP contribution in [0.4, 0.5) is 11.4 Å². The van der Waals surface area contributed by atoms with Crippen LogP contribution >= 0.6 is 0 Å². The number of hydrogen-bond acceptors (Lipinski definition) is 9. The molecule has 0 unspecified atom stereocenters. The molecule has 3 aliphatic rings. The first-order valence-corrected chi connectivity index (χ1v) is 12.9. The number of β-amino-alcohol motifs (C(OH)–C–C–N with tert-alkyl or cyclic N) is 1. The summed E-state index contributed by atoms with van der Waals surface area (Å²) in [5.74, 6) is 1.25. The SMILES string of the molecule is C[C@H]1COc2c(NC(=O)c3cc(-n4cnc(C5CC5)c4)c(N4CC[C@@H](O)C4)cn3)cccc2-c2nnnn21. The van der Waals surface area contributed by atoms with Crippen LogP contribution in [0.2, 0.25) is 0 Å². The number of pyridine rings is 1. The van der Waals surface area contributed by atoms with Crippen molar-refractivity contribution >= 4 is 17.3 Å². The van der Waals surface area contributed by atoms with E-state index in [0.717, 1.165) is 36.5 Å². The van der Waals surface area contributed by atoms with Crippen molar-refractivity contribution in [2.75, 3.05) is 29.9 Å². The van der Waals surface area contributed by atoms with Gasteiger partial charge < -0.3 is 24.6 Å². The molecule has 4 aromatic rings. The largest absolute Gasteiger partial charge is 0.488 e. The summed E-state index contributed by atoms with van der Waals surface area (Å²) < 4.78 is 9.76. The number of para-hydroxylation sites is 1. The van der Waals surface area contributed by atoms with Crippen molar-refractivity contribution in [2.24, 2.45) is 0 Å². The lowest BCUT2D eigenvalue weighted by Crippen LogP contribution is -2.24. The van der Waals surface area contributed by atoms with Crippen LogP contribution in [0.25, 0.3) is 17.1 Å². The van der Waals surface area contributed by atoms with Crippen LogP contribution in [0.15, 0.2) is 43.0 Å². The summed E-state index contributed by atoms with van der Waals surface area (Å²) in [7, 11) is 0. The number of rotatable bonds is 5. The molecular weight excluding hydrogens is 486 g/mol. The fourth-order valence-electron chi connectivity index (χ4n) is 5.13. The minimum Gasteiger partial charge on any atom is -0.488 e. The maximum atomic E-state index is 13.5. The second-order valence-electron chi connectivity index (χ2n) is 10.2. The van der Waals surface area contributed by atoms with E-state index >= 15 is 0 Å². The van der Waals surface area contributed by atoms with E-state index in [1.807, 2.05) is 29.8 Å². The van der Waals surface area contributed by atoms with Crippen LogP contribution in [0.1, 0.15) is 54.3 Å². The smallest absolute Gasteiger partial charge is 0.274 e. The Bertz CT molecular complexity index is 1530. The van der Waals surface area contributed by atoms with Gasteiger partial charge in [-0.05, 0) is 54.8 Å². The first-order valence-electron chi connectivity index (χ1n) is 12.9. The minimum atomic E-state index is -0.382. The highest BCUT2D eigenvalue weighted by atomic mass is 16.5. The molecule has 1 aliphatic carbocycles. The maximum absolute atomic E-state index is 13.5. The molecule has 12 heteroatoms. The van der Waals surface area contributed by atoms with E-state index in [4.69, 9.17) is 4.74 Å². The molecule has 2 N–H and O–H groups in total. The number of anilines is 2. The van der Waals surface area contributed by atoms with Crippen molar-refractivity contribution in [2.45, 2.75) is 44.2 Å². The lowest BCUT2D eigenvalue weighted by molar-refractivity contribution is 0.102. The molecule has 1 saturated heterocycles. The third kappa shape index (κ3) is 3.97. The molecule has 2 fully saturated rings. The molecule has 0 bridgehead atoms. The van der Waals surface area contributed by atoms with Gasteiger partial charge in [0.05, 0.1) is 53.0 Å². The number of imidazole rings is 1. The van der Waals surface area contributed by atoms with Crippen LogP contribution in [0.5, 0.6) is 5.75 Å². The Morgan fingerprint density at radius 2 is 2.08 bits per heavy atom. The number of carbonyl (C=O) groups excluding carboxylic acids is 1.